The van der Waals surface area contributed by atoms with Crippen molar-refractivity contribution in [2.45, 2.75) is 6.54 Å². The largest absolute Gasteiger partial charge is 0.435 e. The van der Waals surface area contributed by atoms with E-state index in [1.165, 1.54) is 5.56 Å². The van der Waals surface area contributed by atoms with E-state index in [9.17, 15) is 0 Å². The van der Waals surface area contributed by atoms with Crippen molar-refractivity contribution in [1.29, 1.82) is 0 Å². The highest BCUT2D eigenvalue weighted by Crippen LogP contribution is 2.36. The Labute approximate surface area is 142 Å². The maximum atomic E-state index is 7.21. The summed E-state index contributed by atoms with van der Waals surface area (Å²) in [5.41, 5.74) is 5.56. The van der Waals surface area contributed by atoms with Crippen LogP contribution >= 0.6 is 0 Å². The van der Waals surface area contributed by atoms with Gasteiger partial charge in [-0.1, -0.05) is 6.07 Å². The number of furan rings is 1. The summed E-state index contributed by atoms with van der Waals surface area (Å²) in [5, 5.41) is 3.17. The van der Waals surface area contributed by atoms with E-state index in [4.69, 9.17) is 11.0 Å². The second kappa shape index (κ2) is 4.25. The molecule has 0 aliphatic carbocycles. The van der Waals surface area contributed by atoms with Crippen LogP contribution in [0.25, 0.3) is 43.5 Å². The van der Waals surface area contributed by atoms with Gasteiger partial charge in [0.15, 0.2) is 23.5 Å². The minimum absolute atomic E-state index is 0.656. The minimum atomic E-state index is 0.656. The van der Waals surface area contributed by atoms with Crippen molar-refractivity contribution in [3.63, 3.8) is 0 Å². The monoisotopic (exact) mass is 323 g/mol. The fourth-order valence-electron chi connectivity index (χ4n) is 3.87. The Bertz CT molecular complexity index is 1380. The SMILES string of the molecule is [C-]#[N+]c1ccc2c(c1)c[n+]1n2-c2c(ccc3c2oc2ncccc23)C1. The van der Waals surface area contributed by atoms with Gasteiger partial charge in [-0.3, -0.25) is 0 Å². The van der Waals surface area contributed by atoms with Crippen LogP contribution in [0.4, 0.5) is 5.69 Å². The van der Waals surface area contributed by atoms with Crippen molar-refractivity contribution in [3.05, 3.63) is 71.8 Å². The maximum Gasteiger partial charge on any atom is 0.227 e. The van der Waals surface area contributed by atoms with Crippen LogP contribution in [0.2, 0.25) is 0 Å². The van der Waals surface area contributed by atoms with Gasteiger partial charge in [0.1, 0.15) is 5.52 Å². The Morgan fingerprint density at radius 2 is 2.12 bits per heavy atom. The van der Waals surface area contributed by atoms with Crippen molar-refractivity contribution >= 4 is 38.7 Å². The molecule has 0 spiro atoms. The second-order valence-electron chi connectivity index (χ2n) is 6.30. The zero-order valence-corrected chi connectivity index (χ0v) is 13.1. The van der Waals surface area contributed by atoms with E-state index >= 15 is 0 Å². The highest BCUT2D eigenvalue weighted by atomic mass is 16.3. The van der Waals surface area contributed by atoms with E-state index in [-0.39, 0.29) is 0 Å². The van der Waals surface area contributed by atoms with Crippen LogP contribution in [0.5, 0.6) is 0 Å². The molecule has 25 heavy (non-hydrogen) atoms. The van der Waals surface area contributed by atoms with Gasteiger partial charge in [-0.05, 0) is 36.4 Å². The summed E-state index contributed by atoms with van der Waals surface area (Å²) in [6, 6.07) is 14.1. The van der Waals surface area contributed by atoms with Crippen molar-refractivity contribution in [1.82, 2.24) is 9.67 Å². The second-order valence-corrected chi connectivity index (χ2v) is 6.30. The molecule has 4 heterocycles. The molecule has 5 nitrogen and oxygen atoms in total. The predicted octanol–water partition coefficient (Wildman–Crippen LogP) is 4.12. The Balaban J connectivity index is 1.76. The van der Waals surface area contributed by atoms with Crippen molar-refractivity contribution in [2.75, 3.05) is 0 Å². The summed E-state index contributed by atoms with van der Waals surface area (Å²) in [6.07, 6.45) is 3.85. The van der Waals surface area contributed by atoms with Crippen LogP contribution < -0.4 is 4.68 Å². The molecule has 0 unspecified atom stereocenters. The van der Waals surface area contributed by atoms with Gasteiger partial charge < -0.3 is 4.42 Å². The normalized spacial score (nSPS) is 12.6. The molecular formula is C20H11N4O+. The van der Waals surface area contributed by atoms with E-state index in [0.717, 1.165) is 39.5 Å². The van der Waals surface area contributed by atoms with Gasteiger partial charge in [0.05, 0.1) is 17.5 Å². The van der Waals surface area contributed by atoms with Gasteiger partial charge in [-0.25, -0.2) is 9.83 Å². The molecule has 0 saturated heterocycles. The molecule has 0 atom stereocenters. The number of hydrogen-bond acceptors (Lipinski definition) is 2. The molecule has 0 fully saturated rings. The minimum Gasteiger partial charge on any atom is -0.435 e. The summed E-state index contributed by atoms with van der Waals surface area (Å²) in [7, 11) is 0. The third-order valence-corrected chi connectivity index (χ3v) is 4.93. The van der Waals surface area contributed by atoms with Gasteiger partial charge in [0, 0.05) is 17.0 Å². The van der Waals surface area contributed by atoms with Crippen molar-refractivity contribution < 1.29 is 9.10 Å². The van der Waals surface area contributed by atoms with E-state index in [2.05, 4.69) is 37.5 Å². The average Bonchev–Trinajstić information content (AvgIpc) is 3.29. The molecule has 0 radical (unpaired) electrons. The Morgan fingerprint density at radius 3 is 3.04 bits per heavy atom. The highest BCUT2D eigenvalue weighted by Gasteiger charge is 2.32. The lowest BCUT2D eigenvalue weighted by Gasteiger charge is -1.99. The van der Waals surface area contributed by atoms with Crippen molar-refractivity contribution in [3.8, 4) is 5.69 Å². The molecule has 0 bridgehead atoms. The Morgan fingerprint density at radius 1 is 1.16 bits per heavy atom. The van der Waals surface area contributed by atoms with Gasteiger partial charge >= 0.3 is 0 Å². The summed E-state index contributed by atoms with van der Waals surface area (Å²) in [5.74, 6) is 0. The van der Waals surface area contributed by atoms with E-state index in [0.29, 0.717) is 11.4 Å². The smallest absolute Gasteiger partial charge is 0.227 e. The summed E-state index contributed by atoms with van der Waals surface area (Å²) in [4.78, 5) is 7.89. The summed E-state index contributed by atoms with van der Waals surface area (Å²) in [6.45, 7) is 8.00. The molecule has 1 aliphatic rings. The first-order valence-corrected chi connectivity index (χ1v) is 8.06. The molecule has 0 amide bonds. The zero-order valence-electron chi connectivity index (χ0n) is 13.1. The third-order valence-electron chi connectivity index (χ3n) is 4.93. The lowest BCUT2D eigenvalue weighted by atomic mass is 10.1. The number of aromatic nitrogens is 3. The molecule has 116 valence electrons. The van der Waals surface area contributed by atoms with Gasteiger partial charge in [0.2, 0.25) is 11.9 Å². The Kier molecular flexibility index (Phi) is 2.16. The molecule has 5 heteroatoms. The van der Waals surface area contributed by atoms with Gasteiger partial charge in [0.25, 0.3) is 0 Å². The van der Waals surface area contributed by atoms with E-state index in [1.807, 2.05) is 30.3 Å². The molecular weight excluding hydrogens is 312 g/mol. The van der Waals surface area contributed by atoms with E-state index in [1.54, 1.807) is 6.20 Å². The summed E-state index contributed by atoms with van der Waals surface area (Å²) < 4.78 is 10.5. The number of rotatable bonds is 0. The van der Waals surface area contributed by atoms with E-state index < -0.39 is 0 Å². The lowest BCUT2D eigenvalue weighted by molar-refractivity contribution is -0.749. The average molecular weight is 323 g/mol. The highest BCUT2D eigenvalue weighted by molar-refractivity contribution is 6.07. The van der Waals surface area contributed by atoms with Crippen LogP contribution in [-0.2, 0) is 6.54 Å². The number of pyridine rings is 1. The summed E-state index contributed by atoms with van der Waals surface area (Å²) >= 11 is 0. The topological polar surface area (TPSA) is 39.2 Å². The first-order valence-electron chi connectivity index (χ1n) is 8.06. The quantitative estimate of drug-likeness (QED) is 0.311. The fraction of sp³-hybridized carbons (Fsp3) is 0.0500. The first-order chi connectivity index (χ1) is 12.3. The fourth-order valence-corrected chi connectivity index (χ4v) is 3.87. The van der Waals surface area contributed by atoms with Crippen LogP contribution in [0.3, 0.4) is 0 Å². The van der Waals surface area contributed by atoms with Gasteiger partial charge in [-0.2, -0.15) is 0 Å². The number of nitrogens with zero attached hydrogens (tertiary/aromatic N) is 4. The van der Waals surface area contributed by atoms with Gasteiger partial charge in [-0.15, -0.1) is 9.36 Å². The van der Waals surface area contributed by atoms with Crippen LogP contribution in [0.1, 0.15) is 5.56 Å². The maximum absolute atomic E-state index is 7.21. The molecule has 6 rings (SSSR count). The first kappa shape index (κ1) is 12.7. The molecule has 5 aromatic rings. The molecule has 1 aliphatic heterocycles. The molecule has 0 N–H and O–H groups in total. The van der Waals surface area contributed by atoms with Crippen molar-refractivity contribution in [2.24, 2.45) is 0 Å². The number of benzene rings is 2. The molecule has 0 saturated carbocycles. The third kappa shape index (κ3) is 1.51. The van der Waals surface area contributed by atoms with Crippen LogP contribution in [0, 0.1) is 6.57 Å². The zero-order chi connectivity index (χ0) is 16.5. The lowest BCUT2D eigenvalue weighted by Crippen LogP contribution is -2.36. The number of hydrogen-bond donors (Lipinski definition) is 0. The number of fused-ring (bicyclic) bond motifs is 9. The molecule has 3 aromatic heterocycles. The van der Waals surface area contributed by atoms with Crippen LogP contribution in [-0.4, -0.2) is 9.67 Å². The van der Waals surface area contributed by atoms with Crippen LogP contribution in [0.15, 0.2) is 59.3 Å². The predicted molar refractivity (Wildman–Crippen MR) is 93.9 cm³/mol. The standard InChI is InChI=1S/C20H11N4O/c1-21-14-5-7-17-13(9-14)11-23-10-12-4-6-15-16-3-2-8-22-20(16)25-19(15)18(12)24(17)23/h2-9,11H,10H2/q+1. The Hall–Kier alpha value is -3.65. The molecule has 2 aromatic carbocycles.